The number of hydroxylamine groups is 2. The van der Waals surface area contributed by atoms with Crippen LogP contribution in [-0.4, -0.2) is 33.3 Å². The Morgan fingerprint density at radius 1 is 1.38 bits per heavy atom. The van der Waals surface area contributed by atoms with Crippen LogP contribution in [0.4, 0.5) is 5.69 Å². The molecule has 6 nitrogen and oxygen atoms in total. The zero-order chi connectivity index (χ0) is 18.1. The number of rotatable bonds is 2. The highest BCUT2D eigenvalue weighted by molar-refractivity contribution is 6.44. The summed E-state index contributed by atoms with van der Waals surface area (Å²) in [5, 5.41) is 27.6. The third kappa shape index (κ3) is 3.60. The maximum absolute atomic E-state index is 10.4. The summed E-state index contributed by atoms with van der Waals surface area (Å²) < 4.78 is 0. The number of guanidine groups is 1. The molecule has 2 rings (SSSR count). The smallest absolute Gasteiger partial charge is 0.212 e. The number of anilines is 1. The highest BCUT2D eigenvalue weighted by Gasteiger charge is 2.51. The van der Waals surface area contributed by atoms with Gasteiger partial charge in [0.05, 0.1) is 27.3 Å². The maximum Gasteiger partial charge on any atom is 0.212 e. The van der Waals surface area contributed by atoms with E-state index in [1.807, 2.05) is 27.7 Å². The van der Waals surface area contributed by atoms with Crippen LogP contribution in [0.15, 0.2) is 23.2 Å². The summed E-state index contributed by atoms with van der Waals surface area (Å²) in [6.45, 7) is 7.77. The predicted molar refractivity (Wildman–Crippen MR) is 96.5 cm³/mol. The summed E-state index contributed by atoms with van der Waals surface area (Å²) in [6, 6.07) is 5.04. The molecule has 0 bridgehead atoms. The van der Waals surface area contributed by atoms with Gasteiger partial charge in [0.2, 0.25) is 12.2 Å². The molecule has 1 unspecified atom stereocenters. The van der Waals surface area contributed by atoms with Crippen molar-refractivity contribution in [1.29, 1.82) is 5.26 Å². The minimum Gasteiger partial charge on any atom is -0.350 e. The third-order valence-electron chi connectivity index (χ3n) is 4.35. The summed E-state index contributed by atoms with van der Waals surface area (Å²) in [7, 11) is 0. The number of nitriles is 1. The number of benzene rings is 1. The lowest BCUT2D eigenvalue weighted by atomic mass is 9.94. The maximum atomic E-state index is 10.4. The fraction of sp³-hybridized carbons (Fsp3) is 0.500. The molecule has 24 heavy (non-hydrogen) atoms. The molecule has 130 valence electrons. The third-order valence-corrected chi connectivity index (χ3v) is 5.17. The van der Waals surface area contributed by atoms with Crippen LogP contribution in [0.1, 0.15) is 34.1 Å². The first-order valence-corrected chi connectivity index (χ1v) is 8.29. The first kappa shape index (κ1) is 18.8. The Bertz CT molecular complexity index is 696. The molecule has 0 aliphatic carbocycles. The van der Waals surface area contributed by atoms with E-state index in [-0.39, 0.29) is 12.0 Å². The van der Waals surface area contributed by atoms with Gasteiger partial charge in [0.25, 0.3) is 0 Å². The number of halogens is 2. The van der Waals surface area contributed by atoms with Crippen LogP contribution < -0.4 is 10.6 Å². The average molecular weight is 370 g/mol. The average Bonchev–Trinajstić information content (AvgIpc) is 2.64. The Balaban J connectivity index is 2.23. The van der Waals surface area contributed by atoms with Gasteiger partial charge < -0.3 is 15.8 Å². The molecule has 1 atom stereocenters. The van der Waals surface area contributed by atoms with Crippen molar-refractivity contribution in [2.45, 2.75) is 51.2 Å². The van der Waals surface area contributed by atoms with Gasteiger partial charge in [-0.05, 0) is 46.2 Å². The number of hydrogen-bond donors (Lipinski definition) is 3. The minimum absolute atomic E-state index is 0.130. The number of nitrogens with one attached hydrogen (secondary N) is 2. The van der Waals surface area contributed by atoms with Gasteiger partial charge in [-0.3, -0.25) is 0 Å². The molecular weight excluding hydrogens is 349 g/mol. The molecule has 0 aromatic heterocycles. The molecule has 1 aliphatic rings. The van der Waals surface area contributed by atoms with Gasteiger partial charge in [-0.2, -0.15) is 10.3 Å². The van der Waals surface area contributed by atoms with Crippen LogP contribution in [0.5, 0.6) is 0 Å². The van der Waals surface area contributed by atoms with Crippen molar-refractivity contribution in [3.63, 3.8) is 0 Å². The lowest BCUT2D eigenvalue weighted by Gasteiger charge is -2.36. The zero-order valence-corrected chi connectivity index (χ0v) is 15.6. The molecular formula is C16H21Cl2N5O. The summed E-state index contributed by atoms with van der Waals surface area (Å²) in [4.78, 5) is 3.79. The van der Waals surface area contributed by atoms with Crippen LogP contribution in [0.3, 0.4) is 0 Å². The van der Waals surface area contributed by atoms with E-state index in [2.05, 4.69) is 15.6 Å². The first-order chi connectivity index (χ1) is 11.1. The molecule has 8 heteroatoms. The van der Waals surface area contributed by atoms with Crippen molar-refractivity contribution >= 4 is 34.8 Å². The molecule has 1 aromatic rings. The van der Waals surface area contributed by atoms with Crippen molar-refractivity contribution in [3.8, 4) is 6.19 Å². The molecule has 0 amide bonds. The second-order valence-corrected chi connectivity index (χ2v) is 7.75. The van der Waals surface area contributed by atoms with E-state index in [1.165, 1.54) is 5.06 Å². The molecule has 1 aliphatic heterocycles. The summed E-state index contributed by atoms with van der Waals surface area (Å²) in [5.41, 5.74) is -0.395. The molecule has 3 N–H and O–H groups in total. The largest absolute Gasteiger partial charge is 0.350 e. The van der Waals surface area contributed by atoms with Gasteiger partial charge in [-0.1, -0.05) is 29.3 Å². The molecule has 1 fully saturated rings. The van der Waals surface area contributed by atoms with Crippen molar-refractivity contribution in [2.75, 3.05) is 5.32 Å². The fourth-order valence-corrected chi connectivity index (χ4v) is 3.38. The van der Waals surface area contributed by atoms with Crippen LogP contribution in [0.2, 0.25) is 10.0 Å². The lowest BCUT2D eigenvalue weighted by Crippen LogP contribution is -2.54. The van der Waals surface area contributed by atoms with Crippen LogP contribution >= 0.6 is 23.2 Å². The molecule has 1 saturated heterocycles. The number of nitrogens with zero attached hydrogens (tertiary/aromatic N) is 3. The SMILES string of the molecule is CC1(C)CC(N/C(=N/C#N)Nc2cccc(Cl)c2Cl)C(C)(C)N1O. The molecule has 0 saturated carbocycles. The normalized spacial score (nSPS) is 22.9. The van der Waals surface area contributed by atoms with Crippen LogP contribution in [0, 0.1) is 11.5 Å². The van der Waals surface area contributed by atoms with Gasteiger partial charge in [0.1, 0.15) is 0 Å². The summed E-state index contributed by atoms with van der Waals surface area (Å²) >= 11 is 12.2. The quantitative estimate of drug-likeness (QED) is 0.418. The molecule has 0 radical (unpaired) electrons. The first-order valence-electron chi connectivity index (χ1n) is 7.53. The monoisotopic (exact) mass is 369 g/mol. The van der Waals surface area contributed by atoms with E-state index in [0.29, 0.717) is 22.2 Å². The summed E-state index contributed by atoms with van der Waals surface area (Å²) in [5.74, 6) is 0.255. The Labute approximate surface area is 152 Å². The highest BCUT2D eigenvalue weighted by Crippen LogP contribution is 2.39. The summed E-state index contributed by atoms with van der Waals surface area (Å²) in [6.07, 6.45) is 2.44. The fourth-order valence-electron chi connectivity index (χ4n) is 3.03. The second kappa shape index (κ2) is 6.77. The standard InChI is InChI=1S/C16H21Cl2N5O/c1-15(2)8-12(16(3,4)23(15)24)22-14(20-9-19)21-11-7-5-6-10(17)13(11)18/h5-7,12,24H,8H2,1-4H3,(H2,20,21,22). The number of aliphatic imine (C=N–C) groups is 1. The van der Waals surface area contributed by atoms with Crippen molar-refractivity contribution in [3.05, 3.63) is 28.2 Å². The molecule has 1 aromatic carbocycles. The van der Waals surface area contributed by atoms with Crippen LogP contribution in [-0.2, 0) is 0 Å². The van der Waals surface area contributed by atoms with E-state index >= 15 is 0 Å². The topological polar surface area (TPSA) is 83.7 Å². The zero-order valence-electron chi connectivity index (χ0n) is 14.1. The van der Waals surface area contributed by atoms with Gasteiger partial charge in [-0.15, -0.1) is 4.99 Å². The van der Waals surface area contributed by atoms with E-state index in [4.69, 9.17) is 28.5 Å². The highest BCUT2D eigenvalue weighted by atomic mass is 35.5. The Morgan fingerprint density at radius 3 is 2.58 bits per heavy atom. The Hall–Kier alpha value is -1.52. The Morgan fingerprint density at radius 2 is 2.04 bits per heavy atom. The minimum atomic E-state index is -0.542. The van der Waals surface area contributed by atoms with E-state index in [9.17, 15) is 5.21 Å². The van der Waals surface area contributed by atoms with Crippen molar-refractivity contribution in [2.24, 2.45) is 4.99 Å². The Kier molecular flexibility index (Phi) is 5.31. The van der Waals surface area contributed by atoms with Crippen molar-refractivity contribution in [1.82, 2.24) is 10.4 Å². The van der Waals surface area contributed by atoms with Gasteiger partial charge in [0, 0.05) is 5.54 Å². The molecule has 0 spiro atoms. The predicted octanol–water partition coefficient (Wildman–Crippen LogP) is 3.85. The van der Waals surface area contributed by atoms with Gasteiger partial charge >= 0.3 is 0 Å². The van der Waals surface area contributed by atoms with Gasteiger partial charge in [0.15, 0.2) is 0 Å². The molecule has 1 heterocycles. The van der Waals surface area contributed by atoms with Crippen LogP contribution in [0.25, 0.3) is 0 Å². The lowest BCUT2D eigenvalue weighted by molar-refractivity contribution is -0.193. The van der Waals surface area contributed by atoms with E-state index in [0.717, 1.165) is 0 Å². The van der Waals surface area contributed by atoms with E-state index < -0.39 is 11.1 Å². The second-order valence-electron chi connectivity index (χ2n) is 6.97. The van der Waals surface area contributed by atoms with Crippen molar-refractivity contribution < 1.29 is 5.21 Å². The van der Waals surface area contributed by atoms with Gasteiger partial charge in [-0.25, -0.2) is 0 Å². The van der Waals surface area contributed by atoms with E-state index in [1.54, 1.807) is 24.4 Å². The number of hydrogen-bond acceptors (Lipinski definition) is 4.